The highest BCUT2D eigenvalue weighted by molar-refractivity contribution is 5.76. The maximum absolute atomic E-state index is 11.7. The molecule has 0 saturated carbocycles. The van der Waals surface area contributed by atoms with E-state index in [4.69, 9.17) is 5.73 Å². The third-order valence-electron chi connectivity index (χ3n) is 3.01. The van der Waals surface area contributed by atoms with Crippen LogP contribution in [0.1, 0.15) is 39.5 Å². The van der Waals surface area contributed by atoms with E-state index in [0.717, 1.165) is 31.8 Å². The normalized spacial score (nSPS) is 26.1. The SMILES string of the molecule is CCC1CCC(=O)N(C[C@H](C)N)CC1. The topological polar surface area (TPSA) is 46.3 Å². The molecule has 1 rings (SSSR count). The lowest BCUT2D eigenvalue weighted by Gasteiger charge is -2.22. The molecule has 1 unspecified atom stereocenters. The van der Waals surface area contributed by atoms with Crippen LogP contribution in [0.3, 0.4) is 0 Å². The molecule has 1 fully saturated rings. The van der Waals surface area contributed by atoms with Gasteiger partial charge in [0.05, 0.1) is 0 Å². The molecular weight excluding hydrogens is 176 g/mol. The Morgan fingerprint density at radius 2 is 2.29 bits per heavy atom. The van der Waals surface area contributed by atoms with Gasteiger partial charge in [-0.1, -0.05) is 13.3 Å². The van der Waals surface area contributed by atoms with Gasteiger partial charge in [-0.3, -0.25) is 4.79 Å². The minimum atomic E-state index is 0.0946. The molecule has 1 aliphatic rings. The van der Waals surface area contributed by atoms with Crippen LogP contribution in [-0.4, -0.2) is 29.9 Å². The monoisotopic (exact) mass is 198 g/mol. The summed E-state index contributed by atoms with van der Waals surface area (Å²) in [5, 5.41) is 0. The fourth-order valence-corrected chi connectivity index (χ4v) is 2.04. The Morgan fingerprint density at radius 1 is 1.57 bits per heavy atom. The van der Waals surface area contributed by atoms with E-state index < -0.39 is 0 Å². The second-order valence-electron chi connectivity index (χ2n) is 4.42. The Morgan fingerprint density at radius 3 is 2.86 bits per heavy atom. The summed E-state index contributed by atoms with van der Waals surface area (Å²) < 4.78 is 0. The molecule has 3 heteroatoms. The lowest BCUT2D eigenvalue weighted by Crippen LogP contribution is -2.39. The molecule has 0 aromatic heterocycles. The molecule has 14 heavy (non-hydrogen) atoms. The molecule has 3 nitrogen and oxygen atoms in total. The van der Waals surface area contributed by atoms with Crippen LogP contribution in [-0.2, 0) is 4.79 Å². The van der Waals surface area contributed by atoms with E-state index in [2.05, 4.69) is 6.92 Å². The first-order valence-corrected chi connectivity index (χ1v) is 5.66. The van der Waals surface area contributed by atoms with Gasteiger partial charge in [-0.2, -0.15) is 0 Å². The van der Waals surface area contributed by atoms with Gasteiger partial charge in [0, 0.05) is 25.6 Å². The van der Waals surface area contributed by atoms with Crippen molar-refractivity contribution in [1.29, 1.82) is 0 Å². The lowest BCUT2D eigenvalue weighted by molar-refractivity contribution is -0.130. The third kappa shape index (κ3) is 3.29. The van der Waals surface area contributed by atoms with Gasteiger partial charge < -0.3 is 10.6 Å². The largest absolute Gasteiger partial charge is 0.341 e. The predicted octanol–water partition coefficient (Wildman–Crippen LogP) is 1.37. The smallest absolute Gasteiger partial charge is 0.222 e. The fraction of sp³-hybridized carbons (Fsp3) is 0.909. The van der Waals surface area contributed by atoms with Crippen molar-refractivity contribution >= 4 is 5.91 Å². The second kappa shape index (κ2) is 5.35. The van der Waals surface area contributed by atoms with Crippen molar-refractivity contribution in [2.45, 2.75) is 45.6 Å². The highest BCUT2D eigenvalue weighted by atomic mass is 16.2. The van der Waals surface area contributed by atoms with Gasteiger partial charge in [-0.15, -0.1) is 0 Å². The summed E-state index contributed by atoms with van der Waals surface area (Å²) >= 11 is 0. The van der Waals surface area contributed by atoms with Gasteiger partial charge in [-0.25, -0.2) is 0 Å². The van der Waals surface area contributed by atoms with Gasteiger partial charge in [0.2, 0.25) is 5.91 Å². The zero-order valence-electron chi connectivity index (χ0n) is 9.33. The van der Waals surface area contributed by atoms with Gasteiger partial charge in [0.15, 0.2) is 0 Å². The molecule has 0 aromatic rings. The van der Waals surface area contributed by atoms with E-state index in [0.29, 0.717) is 12.3 Å². The number of likely N-dealkylation sites (tertiary alicyclic amines) is 1. The van der Waals surface area contributed by atoms with Crippen LogP contribution in [0.2, 0.25) is 0 Å². The number of carbonyl (C=O) groups is 1. The summed E-state index contributed by atoms with van der Waals surface area (Å²) in [5.41, 5.74) is 5.71. The lowest BCUT2D eigenvalue weighted by atomic mass is 9.98. The molecule has 0 spiro atoms. The number of hydrogen-bond donors (Lipinski definition) is 1. The van der Waals surface area contributed by atoms with Gasteiger partial charge in [0.1, 0.15) is 0 Å². The van der Waals surface area contributed by atoms with Crippen LogP contribution < -0.4 is 5.73 Å². The Hall–Kier alpha value is -0.570. The van der Waals surface area contributed by atoms with Crippen molar-refractivity contribution in [2.24, 2.45) is 11.7 Å². The molecular formula is C11H22N2O. The van der Waals surface area contributed by atoms with Gasteiger partial charge >= 0.3 is 0 Å². The number of nitrogens with two attached hydrogens (primary N) is 1. The first-order valence-electron chi connectivity index (χ1n) is 5.66. The van der Waals surface area contributed by atoms with Crippen LogP contribution in [0, 0.1) is 5.92 Å². The quantitative estimate of drug-likeness (QED) is 0.744. The van der Waals surface area contributed by atoms with E-state index in [1.165, 1.54) is 6.42 Å². The second-order valence-corrected chi connectivity index (χ2v) is 4.42. The van der Waals surface area contributed by atoms with Crippen molar-refractivity contribution in [3.8, 4) is 0 Å². The van der Waals surface area contributed by atoms with Crippen molar-refractivity contribution < 1.29 is 4.79 Å². The van der Waals surface area contributed by atoms with Crippen LogP contribution in [0.4, 0.5) is 0 Å². The summed E-state index contributed by atoms with van der Waals surface area (Å²) in [6.07, 6.45) is 4.12. The van der Waals surface area contributed by atoms with Crippen LogP contribution in [0.25, 0.3) is 0 Å². The fourth-order valence-electron chi connectivity index (χ4n) is 2.04. The molecule has 0 aromatic carbocycles. The molecule has 0 radical (unpaired) electrons. The summed E-state index contributed by atoms with van der Waals surface area (Å²) in [6, 6.07) is 0.0946. The molecule has 1 saturated heterocycles. The van der Waals surface area contributed by atoms with Crippen LogP contribution in [0.15, 0.2) is 0 Å². The Bertz CT molecular complexity index is 192. The Kier molecular flexibility index (Phi) is 4.39. The average molecular weight is 198 g/mol. The van der Waals surface area contributed by atoms with Crippen molar-refractivity contribution in [3.05, 3.63) is 0 Å². The molecule has 82 valence electrons. The summed E-state index contributed by atoms with van der Waals surface area (Å²) in [6.45, 7) is 5.78. The molecule has 2 atom stereocenters. The summed E-state index contributed by atoms with van der Waals surface area (Å²) in [4.78, 5) is 13.6. The molecule has 2 N–H and O–H groups in total. The maximum atomic E-state index is 11.7. The highest BCUT2D eigenvalue weighted by Gasteiger charge is 2.21. The van der Waals surface area contributed by atoms with Gasteiger partial charge in [0.25, 0.3) is 0 Å². The van der Waals surface area contributed by atoms with E-state index in [1.807, 2.05) is 11.8 Å². The minimum absolute atomic E-state index is 0.0946. The number of amides is 1. The third-order valence-corrected chi connectivity index (χ3v) is 3.01. The van der Waals surface area contributed by atoms with Crippen molar-refractivity contribution in [3.63, 3.8) is 0 Å². The van der Waals surface area contributed by atoms with E-state index in [-0.39, 0.29) is 6.04 Å². The van der Waals surface area contributed by atoms with Crippen molar-refractivity contribution in [1.82, 2.24) is 4.90 Å². The summed E-state index contributed by atoms with van der Waals surface area (Å²) in [5.74, 6) is 1.02. The van der Waals surface area contributed by atoms with E-state index >= 15 is 0 Å². The Labute approximate surface area is 86.6 Å². The molecule has 1 amide bonds. The first kappa shape index (κ1) is 11.5. The number of rotatable bonds is 3. The zero-order chi connectivity index (χ0) is 10.6. The van der Waals surface area contributed by atoms with Crippen LogP contribution >= 0.6 is 0 Å². The molecule has 1 aliphatic heterocycles. The van der Waals surface area contributed by atoms with E-state index in [1.54, 1.807) is 0 Å². The Balaban J connectivity index is 2.47. The average Bonchev–Trinajstić information content (AvgIpc) is 2.30. The maximum Gasteiger partial charge on any atom is 0.222 e. The van der Waals surface area contributed by atoms with E-state index in [9.17, 15) is 4.79 Å². The predicted molar refractivity (Wildman–Crippen MR) is 57.9 cm³/mol. The zero-order valence-corrected chi connectivity index (χ0v) is 9.33. The summed E-state index contributed by atoms with van der Waals surface area (Å²) in [7, 11) is 0. The van der Waals surface area contributed by atoms with Crippen LogP contribution in [0.5, 0.6) is 0 Å². The standard InChI is InChI=1S/C11H22N2O/c1-3-10-4-5-11(14)13(7-6-10)8-9(2)12/h9-10H,3-8,12H2,1-2H3/t9-,10?/m0/s1. The molecule has 1 heterocycles. The van der Waals surface area contributed by atoms with Gasteiger partial charge in [-0.05, 0) is 25.7 Å². The minimum Gasteiger partial charge on any atom is -0.341 e. The molecule has 0 aliphatic carbocycles. The highest BCUT2D eigenvalue weighted by Crippen LogP contribution is 2.20. The van der Waals surface area contributed by atoms with Crippen molar-refractivity contribution in [2.75, 3.05) is 13.1 Å². The number of nitrogens with zero attached hydrogens (tertiary/aromatic N) is 1. The first-order chi connectivity index (χ1) is 6.63. The number of hydrogen-bond acceptors (Lipinski definition) is 2. The molecule has 0 bridgehead atoms. The number of carbonyl (C=O) groups excluding carboxylic acids is 1.